The second-order valence-corrected chi connectivity index (χ2v) is 5.35. The lowest BCUT2D eigenvalue weighted by molar-refractivity contribution is -0.110. The van der Waals surface area contributed by atoms with Crippen LogP contribution in [0, 0.1) is 13.8 Å². The van der Waals surface area contributed by atoms with Crippen molar-refractivity contribution in [2.75, 3.05) is 5.32 Å². The number of aromatic nitrogens is 1. The first-order valence-electron chi connectivity index (χ1n) is 5.43. The Hall–Kier alpha value is -1.81. The van der Waals surface area contributed by atoms with E-state index < -0.39 is 0 Å². The van der Waals surface area contributed by atoms with Crippen molar-refractivity contribution < 1.29 is 4.79 Å². The Bertz CT molecular complexity index is 620. The van der Waals surface area contributed by atoms with E-state index in [0.29, 0.717) is 0 Å². The maximum atomic E-state index is 11.9. The van der Waals surface area contributed by atoms with Crippen LogP contribution in [-0.2, 0) is 4.79 Å². The van der Waals surface area contributed by atoms with Gasteiger partial charge in [0, 0.05) is 22.3 Å². The quantitative estimate of drug-likeness (QED) is 0.743. The minimum atomic E-state index is -0.0102. The predicted octanol–water partition coefficient (Wildman–Crippen LogP) is 3.19. The maximum absolute atomic E-state index is 11.9. The van der Waals surface area contributed by atoms with Gasteiger partial charge in [0.1, 0.15) is 5.00 Å². The van der Waals surface area contributed by atoms with Crippen molar-refractivity contribution in [1.29, 1.82) is 0 Å². The average molecular weight is 244 g/mol. The van der Waals surface area contributed by atoms with Gasteiger partial charge in [-0.3, -0.25) is 4.79 Å². The highest BCUT2D eigenvalue weighted by Crippen LogP contribution is 2.42. The van der Waals surface area contributed by atoms with E-state index in [0.717, 1.165) is 21.8 Å². The third-order valence-corrected chi connectivity index (χ3v) is 4.17. The lowest BCUT2D eigenvalue weighted by Gasteiger charge is -1.98. The van der Waals surface area contributed by atoms with Gasteiger partial charge in [0.15, 0.2) is 0 Å². The van der Waals surface area contributed by atoms with Crippen molar-refractivity contribution in [1.82, 2.24) is 4.98 Å². The van der Waals surface area contributed by atoms with Crippen LogP contribution in [0.2, 0.25) is 0 Å². The summed E-state index contributed by atoms with van der Waals surface area (Å²) in [6.45, 7) is 4.14. The van der Waals surface area contributed by atoms with Crippen molar-refractivity contribution in [2.45, 2.75) is 13.8 Å². The molecule has 0 aliphatic carbocycles. The van der Waals surface area contributed by atoms with Gasteiger partial charge in [0.05, 0.1) is 5.57 Å². The molecule has 2 aromatic heterocycles. The summed E-state index contributed by atoms with van der Waals surface area (Å²) in [6.07, 6.45) is 3.76. The Kier molecular flexibility index (Phi) is 2.19. The Morgan fingerprint density at radius 2 is 2.18 bits per heavy atom. The molecule has 1 amide bonds. The zero-order chi connectivity index (χ0) is 12.0. The molecule has 0 saturated carbocycles. The molecule has 0 saturated heterocycles. The molecule has 1 aliphatic rings. The largest absolute Gasteiger partial charge is 0.362 e. The number of thiophene rings is 1. The number of hydrogen-bond donors (Lipinski definition) is 2. The summed E-state index contributed by atoms with van der Waals surface area (Å²) in [5.74, 6) is -0.0102. The monoisotopic (exact) mass is 244 g/mol. The van der Waals surface area contributed by atoms with Gasteiger partial charge >= 0.3 is 0 Å². The van der Waals surface area contributed by atoms with E-state index in [1.165, 1.54) is 10.4 Å². The molecule has 0 radical (unpaired) electrons. The molecule has 0 spiro atoms. The number of H-pyrrole nitrogens is 1. The standard InChI is InChI=1S/C13H12N2OS/c1-7-8(2)17-13-11(7)10(12(16)15-13)6-9-4-3-5-14-9/h3-6,14H,1-2H3,(H,15,16). The number of carbonyl (C=O) groups excluding carboxylic acids is 1. The molecule has 2 N–H and O–H groups in total. The molecule has 0 aromatic carbocycles. The molecule has 3 rings (SSSR count). The van der Waals surface area contributed by atoms with E-state index in [9.17, 15) is 4.79 Å². The fourth-order valence-electron chi connectivity index (χ4n) is 2.05. The van der Waals surface area contributed by atoms with E-state index in [4.69, 9.17) is 0 Å². The molecular formula is C13H12N2OS. The van der Waals surface area contributed by atoms with Crippen LogP contribution in [0.5, 0.6) is 0 Å². The zero-order valence-corrected chi connectivity index (χ0v) is 10.4. The number of fused-ring (bicyclic) bond motifs is 1. The van der Waals surface area contributed by atoms with E-state index in [-0.39, 0.29) is 5.91 Å². The highest BCUT2D eigenvalue weighted by atomic mass is 32.1. The van der Waals surface area contributed by atoms with Crippen LogP contribution in [0.15, 0.2) is 18.3 Å². The van der Waals surface area contributed by atoms with Crippen LogP contribution in [0.25, 0.3) is 11.6 Å². The molecule has 0 fully saturated rings. The minimum absolute atomic E-state index is 0.0102. The third kappa shape index (κ3) is 1.52. The molecule has 86 valence electrons. The fourth-order valence-corrected chi connectivity index (χ4v) is 3.12. The van der Waals surface area contributed by atoms with Gasteiger partial charge in [-0.05, 0) is 37.6 Å². The van der Waals surface area contributed by atoms with Crippen molar-refractivity contribution >= 4 is 33.9 Å². The number of aryl methyl sites for hydroxylation is 1. The summed E-state index contributed by atoms with van der Waals surface area (Å²) in [6, 6.07) is 3.87. The van der Waals surface area contributed by atoms with Crippen molar-refractivity contribution in [3.63, 3.8) is 0 Å². The van der Waals surface area contributed by atoms with Crippen LogP contribution in [0.1, 0.15) is 21.7 Å². The first kappa shape index (κ1) is 10.4. The molecule has 0 atom stereocenters. The average Bonchev–Trinajstić information content (AvgIpc) is 2.93. The molecule has 0 bridgehead atoms. The minimum Gasteiger partial charge on any atom is -0.362 e. The Labute approximate surface area is 103 Å². The van der Waals surface area contributed by atoms with Crippen LogP contribution < -0.4 is 5.32 Å². The Morgan fingerprint density at radius 1 is 1.35 bits per heavy atom. The van der Waals surface area contributed by atoms with Crippen molar-refractivity contribution in [3.8, 4) is 0 Å². The van der Waals surface area contributed by atoms with Crippen LogP contribution >= 0.6 is 11.3 Å². The molecule has 4 heteroatoms. The SMILES string of the molecule is Cc1sc2c(c1C)C(=Cc1ccc[nH]1)C(=O)N2. The summed E-state index contributed by atoms with van der Waals surface area (Å²) in [7, 11) is 0. The number of anilines is 1. The molecule has 3 nitrogen and oxygen atoms in total. The number of amides is 1. The van der Waals surface area contributed by atoms with Gasteiger partial charge in [-0.2, -0.15) is 0 Å². The normalized spacial score (nSPS) is 16.4. The van der Waals surface area contributed by atoms with Gasteiger partial charge in [-0.15, -0.1) is 11.3 Å². The van der Waals surface area contributed by atoms with E-state index in [1.54, 1.807) is 11.3 Å². The zero-order valence-electron chi connectivity index (χ0n) is 9.63. The molecule has 2 aromatic rings. The number of rotatable bonds is 1. The van der Waals surface area contributed by atoms with E-state index >= 15 is 0 Å². The highest BCUT2D eigenvalue weighted by Gasteiger charge is 2.28. The number of carbonyl (C=O) groups is 1. The summed E-state index contributed by atoms with van der Waals surface area (Å²) in [5.41, 5.74) is 3.96. The maximum Gasteiger partial charge on any atom is 0.257 e. The van der Waals surface area contributed by atoms with Gasteiger partial charge in [0.25, 0.3) is 5.91 Å². The molecule has 3 heterocycles. The van der Waals surface area contributed by atoms with Crippen LogP contribution in [-0.4, -0.2) is 10.9 Å². The first-order valence-corrected chi connectivity index (χ1v) is 6.25. The molecular weight excluding hydrogens is 232 g/mol. The predicted molar refractivity (Wildman–Crippen MR) is 71.1 cm³/mol. The lowest BCUT2D eigenvalue weighted by atomic mass is 10.0. The summed E-state index contributed by atoms with van der Waals surface area (Å²) >= 11 is 1.64. The number of hydrogen-bond acceptors (Lipinski definition) is 2. The van der Waals surface area contributed by atoms with Crippen molar-refractivity contribution in [2.24, 2.45) is 0 Å². The van der Waals surface area contributed by atoms with Gasteiger partial charge in [-0.25, -0.2) is 0 Å². The summed E-state index contributed by atoms with van der Waals surface area (Å²) < 4.78 is 0. The molecule has 17 heavy (non-hydrogen) atoms. The fraction of sp³-hybridized carbons (Fsp3) is 0.154. The van der Waals surface area contributed by atoms with Crippen LogP contribution in [0.4, 0.5) is 5.00 Å². The van der Waals surface area contributed by atoms with Gasteiger partial charge in [0.2, 0.25) is 0 Å². The number of aromatic amines is 1. The van der Waals surface area contributed by atoms with Gasteiger partial charge in [-0.1, -0.05) is 0 Å². The van der Waals surface area contributed by atoms with Crippen molar-refractivity contribution in [3.05, 3.63) is 40.0 Å². The second kappa shape index (κ2) is 3.60. The highest BCUT2D eigenvalue weighted by molar-refractivity contribution is 7.17. The first-order chi connectivity index (χ1) is 8.16. The lowest BCUT2D eigenvalue weighted by Crippen LogP contribution is -2.04. The second-order valence-electron chi connectivity index (χ2n) is 4.12. The van der Waals surface area contributed by atoms with E-state index in [1.807, 2.05) is 24.4 Å². The Balaban J connectivity index is 2.16. The summed E-state index contributed by atoms with van der Waals surface area (Å²) in [5, 5.41) is 3.89. The topological polar surface area (TPSA) is 44.9 Å². The molecule has 1 aliphatic heterocycles. The number of nitrogens with one attached hydrogen (secondary N) is 2. The summed E-state index contributed by atoms with van der Waals surface area (Å²) in [4.78, 5) is 16.2. The van der Waals surface area contributed by atoms with Crippen LogP contribution in [0.3, 0.4) is 0 Å². The van der Waals surface area contributed by atoms with E-state index in [2.05, 4.69) is 24.1 Å². The molecule has 0 unspecified atom stereocenters. The van der Waals surface area contributed by atoms with Gasteiger partial charge < -0.3 is 10.3 Å². The Morgan fingerprint density at radius 3 is 2.88 bits per heavy atom. The third-order valence-electron chi connectivity index (χ3n) is 3.05. The smallest absolute Gasteiger partial charge is 0.257 e.